The number of nitrogens with zero attached hydrogens (tertiary/aromatic N) is 5. The molecule has 0 spiro atoms. The molecule has 0 bridgehead atoms. The number of carboxylic acid groups (broad SMARTS) is 1. The first-order valence-corrected chi connectivity index (χ1v) is 8.08. The highest BCUT2D eigenvalue weighted by Crippen LogP contribution is 2.16. The van der Waals surface area contributed by atoms with Crippen LogP contribution >= 0.6 is 11.6 Å². The molecule has 2 aromatic heterocycles. The van der Waals surface area contributed by atoms with Crippen LogP contribution in [0.3, 0.4) is 0 Å². The second-order valence-electron chi connectivity index (χ2n) is 5.42. The number of nitrogens with one attached hydrogen (secondary N) is 1. The van der Waals surface area contributed by atoms with Gasteiger partial charge in [0.2, 0.25) is 5.95 Å². The van der Waals surface area contributed by atoms with Gasteiger partial charge >= 0.3 is 5.97 Å². The van der Waals surface area contributed by atoms with E-state index < -0.39 is 11.9 Å². The summed E-state index contributed by atoms with van der Waals surface area (Å²) in [5.41, 5.74) is 1.03. The standard InChI is InChI=1S/C16H15ClN6O3/c17-12-4-2-1-3-11(12)9-23-10-18-16(21-23)19-15(26)13-5-7-22(20-13)8-6-14(24)25/h1-5,7,10H,6,8-9H2,(H,24,25)(H,19,21,26). The Morgan fingerprint density at radius 3 is 2.73 bits per heavy atom. The van der Waals surface area contributed by atoms with E-state index >= 15 is 0 Å². The summed E-state index contributed by atoms with van der Waals surface area (Å²) in [4.78, 5) is 26.8. The van der Waals surface area contributed by atoms with Crippen molar-refractivity contribution in [3.05, 3.63) is 59.1 Å². The smallest absolute Gasteiger partial charge is 0.305 e. The molecule has 0 unspecified atom stereocenters. The van der Waals surface area contributed by atoms with Crippen LogP contribution in [0.25, 0.3) is 0 Å². The van der Waals surface area contributed by atoms with Crippen molar-refractivity contribution in [2.24, 2.45) is 0 Å². The highest BCUT2D eigenvalue weighted by molar-refractivity contribution is 6.31. The Balaban J connectivity index is 1.61. The molecule has 3 aromatic rings. The minimum Gasteiger partial charge on any atom is -0.481 e. The van der Waals surface area contributed by atoms with Crippen molar-refractivity contribution in [3.63, 3.8) is 0 Å². The lowest BCUT2D eigenvalue weighted by atomic mass is 10.2. The van der Waals surface area contributed by atoms with E-state index in [2.05, 4.69) is 20.5 Å². The number of anilines is 1. The largest absolute Gasteiger partial charge is 0.481 e. The number of carboxylic acids is 1. The van der Waals surface area contributed by atoms with Gasteiger partial charge in [0.1, 0.15) is 6.33 Å². The van der Waals surface area contributed by atoms with Crippen molar-refractivity contribution in [1.29, 1.82) is 0 Å². The summed E-state index contributed by atoms with van der Waals surface area (Å²) in [6, 6.07) is 8.89. The molecule has 0 saturated heterocycles. The monoisotopic (exact) mass is 374 g/mol. The lowest BCUT2D eigenvalue weighted by Gasteiger charge is -2.03. The zero-order chi connectivity index (χ0) is 18.5. The topological polar surface area (TPSA) is 115 Å². The average Bonchev–Trinajstić information content (AvgIpc) is 3.24. The fourth-order valence-corrected chi connectivity index (χ4v) is 2.41. The minimum absolute atomic E-state index is 0.0727. The molecule has 3 rings (SSSR count). The average molecular weight is 375 g/mol. The molecule has 0 aliphatic rings. The van der Waals surface area contributed by atoms with Gasteiger partial charge in [-0.15, -0.1) is 5.10 Å². The minimum atomic E-state index is -0.931. The molecule has 0 aliphatic heterocycles. The summed E-state index contributed by atoms with van der Waals surface area (Å²) in [5.74, 6) is -1.27. The third-order valence-electron chi connectivity index (χ3n) is 3.48. The van der Waals surface area contributed by atoms with E-state index in [1.54, 1.807) is 16.9 Å². The molecule has 0 aliphatic carbocycles. The summed E-state index contributed by atoms with van der Waals surface area (Å²) in [6.07, 6.45) is 2.96. The first-order chi connectivity index (χ1) is 12.5. The van der Waals surface area contributed by atoms with Crippen molar-refractivity contribution in [1.82, 2.24) is 24.5 Å². The van der Waals surface area contributed by atoms with E-state index in [4.69, 9.17) is 16.7 Å². The van der Waals surface area contributed by atoms with E-state index in [9.17, 15) is 9.59 Å². The molecule has 1 amide bonds. The number of hydrogen-bond acceptors (Lipinski definition) is 5. The number of benzene rings is 1. The number of aromatic nitrogens is 5. The van der Waals surface area contributed by atoms with Gasteiger partial charge in [-0.05, 0) is 17.7 Å². The predicted octanol–water partition coefficient (Wildman–Crippen LogP) is 1.90. The molecule has 10 heteroatoms. The van der Waals surface area contributed by atoms with Gasteiger partial charge in [0.25, 0.3) is 5.91 Å². The van der Waals surface area contributed by atoms with E-state index in [-0.39, 0.29) is 24.6 Å². The van der Waals surface area contributed by atoms with Gasteiger partial charge in [0.05, 0.1) is 19.5 Å². The molecule has 9 nitrogen and oxygen atoms in total. The van der Waals surface area contributed by atoms with Crippen LogP contribution in [0, 0.1) is 0 Å². The Kier molecular flexibility index (Phi) is 5.28. The van der Waals surface area contributed by atoms with Gasteiger partial charge in [-0.2, -0.15) is 5.10 Å². The van der Waals surface area contributed by atoms with Gasteiger partial charge in [-0.3, -0.25) is 19.6 Å². The molecule has 1 aromatic carbocycles. The van der Waals surface area contributed by atoms with Crippen LogP contribution in [0.2, 0.25) is 5.02 Å². The van der Waals surface area contributed by atoms with Gasteiger partial charge in [-0.1, -0.05) is 29.8 Å². The van der Waals surface area contributed by atoms with E-state index in [0.717, 1.165) is 5.56 Å². The molecule has 0 fully saturated rings. The first kappa shape index (κ1) is 17.6. The van der Waals surface area contributed by atoms with E-state index in [1.807, 2.05) is 18.2 Å². The number of halogens is 1. The summed E-state index contributed by atoms with van der Waals surface area (Å²) in [5, 5.41) is 20.0. The lowest BCUT2D eigenvalue weighted by Crippen LogP contribution is -2.15. The third-order valence-corrected chi connectivity index (χ3v) is 3.85. The van der Waals surface area contributed by atoms with E-state index in [0.29, 0.717) is 11.6 Å². The maximum Gasteiger partial charge on any atom is 0.305 e. The molecule has 0 saturated carbocycles. The second-order valence-corrected chi connectivity index (χ2v) is 5.83. The Morgan fingerprint density at radius 1 is 1.15 bits per heavy atom. The van der Waals surface area contributed by atoms with Crippen molar-refractivity contribution < 1.29 is 14.7 Å². The molecule has 2 N–H and O–H groups in total. The number of carbonyl (C=O) groups excluding carboxylic acids is 1. The molecular weight excluding hydrogens is 360 g/mol. The molecule has 0 atom stereocenters. The summed E-state index contributed by atoms with van der Waals surface area (Å²) in [7, 11) is 0. The van der Waals surface area contributed by atoms with Crippen LogP contribution in [0.5, 0.6) is 0 Å². The zero-order valence-electron chi connectivity index (χ0n) is 13.5. The molecule has 2 heterocycles. The highest BCUT2D eigenvalue weighted by atomic mass is 35.5. The number of aryl methyl sites for hydroxylation is 1. The maximum absolute atomic E-state index is 12.2. The Morgan fingerprint density at radius 2 is 1.96 bits per heavy atom. The molecular formula is C16H15ClN6O3. The van der Waals surface area contributed by atoms with Crippen LogP contribution in [-0.2, 0) is 17.9 Å². The normalized spacial score (nSPS) is 10.7. The quantitative estimate of drug-likeness (QED) is 0.652. The number of hydrogen-bond donors (Lipinski definition) is 2. The Bertz CT molecular complexity index is 935. The first-order valence-electron chi connectivity index (χ1n) is 7.71. The lowest BCUT2D eigenvalue weighted by molar-refractivity contribution is -0.137. The van der Waals surface area contributed by atoms with Crippen molar-refractivity contribution in [3.8, 4) is 0 Å². The number of rotatable bonds is 7. The van der Waals surface area contributed by atoms with Gasteiger partial charge in [-0.25, -0.2) is 9.67 Å². The SMILES string of the molecule is O=C(O)CCn1ccc(C(=O)Nc2ncn(Cc3ccccc3Cl)n2)n1. The predicted molar refractivity (Wildman–Crippen MR) is 93.0 cm³/mol. The fraction of sp³-hybridized carbons (Fsp3) is 0.188. The van der Waals surface area contributed by atoms with Gasteiger partial charge in [0.15, 0.2) is 5.69 Å². The third kappa shape index (κ3) is 4.45. The van der Waals surface area contributed by atoms with Gasteiger partial charge in [0, 0.05) is 11.2 Å². The van der Waals surface area contributed by atoms with Crippen molar-refractivity contribution >= 4 is 29.4 Å². The maximum atomic E-state index is 12.2. The van der Waals surface area contributed by atoms with Crippen LogP contribution in [0.1, 0.15) is 22.5 Å². The Hall–Kier alpha value is -3.20. The Labute approximate surface area is 153 Å². The molecule has 26 heavy (non-hydrogen) atoms. The van der Waals surface area contributed by atoms with Crippen molar-refractivity contribution in [2.45, 2.75) is 19.5 Å². The molecule has 0 radical (unpaired) electrons. The van der Waals surface area contributed by atoms with Crippen LogP contribution in [0.4, 0.5) is 5.95 Å². The van der Waals surface area contributed by atoms with Crippen molar-refractivity contribution in [2.75, 3.05) is 5.32 Å². The highest BCUT2D eigenvalue weighted by Gasteiger charge is 2.13. The summed E-state index contributed by atoms with van der Waals surface area (Å²) >= 11 is 6.11. The second kappa shape index (κ2) is 7.79. The van der Waals surface area contributed by atoms with Crippen LogP contribution in [0.15, 0.2) is 42.9 Å². The zero-order valence-corrected chi connectivity index (χ0v) is 14.3. The summed E-state index contributed by atoms with van der Waals surface area (Å²) in [6.45, 7) is 0.611. The van der Waals surface area contributed by atoms with E-state index in [1.165, 1.54) is 17.1 Å². The van der Waals surface area contributed by atoms with Crippen LogP contribution < -0.4 is 5.32 Å². The number of amides is 1. The van der Waals surface area contributed by atoms with Gasteiger partial charge < -0.3 is 5.11 Å². The summed E-state index contributed by atoms with van der Waals surface area (Å²) < 4.78 is 2.95. The number of carbonyl (C=O) groups is 2. The fourth-order valence-electron chi connectivity index (χ4n) is 2.21. The van der Waals surface area contributed by atoms with Crippen LogP contribution in [-0.4, -0.2) is 41.5 Å². The number of aliphatic carboxylic acids is 1. The molecule has 134 valence electrons.